The minimum atomic E-state index is 0.00177. The van der Waals surface area contributed by atoms with Crippen LogP contribution in [0.25, 0.3) is 5.69 Å². The molecule has 0 N–H and O–H groups in total. The smallest absolute Gasteiger partial charge is 0.276 e. The molecule has 0 saturated carbocycles. The van der Waals surface area contributed by atoms with Gasteiger partial charge in [-0.2, -0.15) is 9.90 Å². The maximum Gasteiger partial charge on any atom is 0.276 e. The summed E-state index contributed by atoms with van der Waals surface area (Å²) in [5, 5.41) is 8.99. The van der Waals surface area contributed by atoms with Crippen LogP contribution in [0.4, 0.5) is 0 Å². The number of likely N-dealkylation sites (tertiary alicyclic amines) is 1. The third-order valence-electron chi connectivity index (χ3n) is 4.71. The summed E-state index contributed by atoms with van der Waals surface area (Å²) < 4.78 is 0. The molecule has 0 spiro atoms. The van der Waals surface area contributed by atoms with Gasteiger partial charge in [-0.25, -0.2) is 0 Å². The molecule has 1 fully saturated rings. The lowest BCUT2D eigenvalue weighted by atomic mass is 9.92. The molecule has 2 unspecified atom stereocenters. The summed E-state index contributed by atoms with van der Waals surface area (Å²) in [7, 11) is 0. The van der Waals surface area contributed by atoms with E-state index in [0.717, 1.165) is 24.3 Å². The lowest BCUT2D eigenvalue weighted by Gasteiger charge is -2.34. The number of hydrogen-bond donors (Lipinski definition) is 0. The van der Waals surface area contributed by atoms with Crippen LogP contribution in [0.15, 0.2) is 18.2 Å². The van der Waals surface area contributed by atoms with E-state index in [2.05, 4.69) is 37.0 Å². The number of aromatic nitrogens is 3. The molecular weight excluding hydrogens is 300 g/mol. The fourth-order valence-corrected chi connectivity index (χ4v) is 3.69. The molecule has 0 radical (unpaired) electrons. The number of carbonyl (C=O) groups is 1. The summed E-state index contributed by atoms with van der Waals surface area (Å²) >= 11 is 0. The molecular formula is C19H26N4O. The van der Waals surface area contributed by atoms with Crippen molar-refractivity contribution in [3.63, 3.8) is 0 Å². The Labute approximate surface area is 143 Å². The Kier molecular flexibility index (Phi) is 4.43. The normalized spacial score (nSPS) is 21.1. The summed E-state index contributed by atoms with van der Waals surface area (Å²) in [6.45, 7) is 12.0. The van der Waals surface area contributed by atoms with E-state index >= 15 is 0 Å². The number of hydrogen-bond acceptors (Lipinski definition) is 3. The zero-order valence-electron chi connectivity index (χ0n) is 15.2. The second-order valence-corrected chi connectivity index (χ2v) is 7.37. The van der Waals surface area contributed by atoms with E-state index in [-0.39, 0.29) is 5.91 Å². The lowest BCUT2D eigenvalue weighted by molar-refractivity contribution is 0.0616. The highest BCUT2D eigenvalue weighted by Crippen LogP contribution is 2.23. The topological polar surface area (TPSA) is 51.0 Å². The van der Waals surface area contributed by atoms with Crippen LogP contribution in [0.3, 0.4) is 0 Å². The molecule has 0 aliphatic carbocycles. The molecule has 1 aromatic carbocycles. The first-order chi connectivity index (χ1) is 11.3. The van der Waals surface area contributed by atoms with Crippen molar-refractivity contribution in [3.05, 3.63) is 40.7 Å². The maximum atomic E-state index is 12.9. The number of carbonyl (C=O) groups excluding carboxylic acids is 1. The van der Waals surface area contributed by atoms with Gasteiger partial charge in [-0.3, -0.25) is 4.79 Å². The SMILES string of the molecule is Cc1ccc(-n2nc(C)c(C(=O)N3CC(C)CC(C)C3)n2)c(C)c1. The number of nitrogens with zero attached hydrogens (tertiary/aromatic N) is 4. The van der Waals surface area contributed by atoms with Crippen LogP contribution in [0.5, 0.6) is 0 Å². The van der Waals surface area contributed by atoms with E-state index in [1.54, 1.807) is 4.80 Å². The largest absolute Gasteiger partial charge is 0.337 e. The molecule has 24 heavy (non-hydrogen) atoms. The molecule has 1 aliphatic rings. The standard InChI is InChI=1S/C19H26N4O/c1-12-6-7-17(15(4)9-12)23-20-16(5)18(21-23)19(24)22-10-13(2)8-14(3)11-22/h6-7,9,13-14H,8,10-11H2,1-5H3. The third kappa shape index (κ3) is 3.21. The van der Waals surface area contributed by atoms with Crippen molar-refractivity contribution in [2.75, 3.05) is 13.1 Å². The van der Waals surface area contributed by atoms with Gasteiger partial charge in [0.1, 0.15) is 0 Å². The molecule has 1 aliphatic heterocycles. The molecule has 2 heterocycles. The second kappa shape index (κ2) is 6.38. The van der Waals surface area contributed by atoms with E-state index in [9.17, 15) is 4.79 Å². The molecule has 1 saturated heterocycles. The number of benzene rings is 1. The van der Waals surface area contributed by atoms with Crippen LogP contribution in [-0.4, -0.2) is 38.9 Å². The first-order valence-electron chi connectivity index (χ1n) is 8.66. The Morgan fingerprint density at radius 1 is 1.08 bits per heavy atom. The van der Waals surface area contributed by atoms with Crippen molar-refractivity contribution in [2.45, 2.75) is 41.0 Å². The van der Waals surface area contributed by atoms with E-state index in [4.69, 9.17) is 0 Å². The molecule has 2 atom stereocenters. The zero-order valence-corrected chi connectivity index (χ0v) is 15.2. The average molecular weight is 326 g/mol. The number of piperidine rings is 1. The summed E-state index contributed by atoms with van der Waals surface area (Å²) in [5.74, 6) is 1.07. The molecule has 5 nitrogen and oxygen atoms in total. The maximum absolute atomic E-state index is 12.9. The van der Waals surface area contributed by atoms with Crippen molar-refractivity contribution in [1.82, 2.24) is 19.9 Å². The highest BCUT2D eigenvalue weighted by molar-refractivity contribution is 5.93. The van der Waals surface area contributed by atoms with Gasteiger partial charge in [-0.05, 0) is 50.7 Å². The van der Waals surface area contributed by atoms with Crippen molar-refractivity contribution >= 4 is 5.91 Å². The summed E-state index contributed by atoms with van der Waals surface area (Å²) in [6, 6.07) is 6.14. The van der Waals surface area contributed by atoms with Crippen molar-refractivity contribution < 1.29 is 4.79 Å². The van der Waals surface area contributed by atoms with Crippen molar-refractivity contribution in [1.29, 1.82) is 0 Å². The Morgan fingerprint density at radius 2 is 1.75 bits per heavy atom. The zero-order chi connectivity index (χ0) is 17.4. The lowest BCUT2D eigenvalue weighted by Crippen LogP contribution is -2.43. The van der Waals surface area contributed by atoms with Gasteiger partial charge in [0, 0.05) is 13.1 Å². The minimum Gasteiger partial charge on any atom is -0.337 e. The van der Waals surface area contributed by atoms with Crippen LogP contribution >= 0.6 is 0 Å². The van der Waals surface area contributed by atoms with Crippen LogP contribution in [-0.2, 0) is 0 Å². The molecule has 5 heteroatoms. The average Bonchev–Trinajstić information content (AvgIpc) is 2.87. The van der Waals surface area contributed by atoms with Gasteiger partial charge in [0.2, 0.25) is 0 Å². The molecule has 0 bridgehead atoms. The van der Waals surface area contributed by atoms with Crippen LogP contribution < -0.4 is 0 Å². The van der Waals surface area contributed by atoms with Gasteiger partial charge in [0.25, 0.3) is 5.91 Å². The third-order valence-corrected chi connectivity index (χ3v) is 4.71. The number of aryl methyl sites for hydroxylation is 3. The van der Waals surface area contributed by atoms with Crippen molar-refractivity contribution in [3.8, 4) is 5.69 Å². The number of rotatable bonds is 2. The van der Waals surface area contributed by atoms with E-state index < -0.39 is 0 Å². The van der Waals surface area contributed by atoms with Gasteiger partial charge >= 0.3 is 0 Å². The minimum absolute atomic E-state index is 0.00177. The monoisotopic (exact) mass is 326 g/mol. The van der Waals surface area contributed by atoms with Crippen molar-refractivity contribution in [2.24, 2.45) is 11.8 Å². The predicted octanol–water partition coefficient (Wildman–Crippen LogP) is 3.31. The first-order valence-corrected chi connectivity index (χ1v) is 8.66. The molecule has 1 amide bonds. The Hall–Kier alpha value is -2.17. The van der Waals surface area contributed by atoms with E-state index in [1.165, 1.54) is 12.0 Å². The molecule has 2 aromatic rings. The van der Waals surface area contributed by atoms with Gasteiger partial charge < -0.3 is 4.90 Å². The highest BCUT2D eigenvalue weighted by atomic mass is 16.2. The van der Waals surface area contributed by atoms with Gasteiger partial charge in [-0.15, -0.1) is 5.10 Å². The van der Waals surface area contributed by atoms with Gasteiger partial charge in [-0.1, -0.05) is 31.5 Å². The highest BCUT2D eigenvalue weighted by Gasteiger charge is 2.29. The number of amides is 1. The van der Waals surface area contributed by atoms with Gasteiger partial charge in [0.05, 0.1) is 11.4 Å². The molecule has 128 valence electrons. The Balaban J connectivity index is 1.90. The van der Waals surface area contributed by atoms with Crippen LogP contribution in [0, 0.1) is 32.6 Å². The fourth-order valence-electron chi connectivity index (χ4n) is 3.69. The summed E-state index contributed by atoms with van der Waals surface area (Å²) in [5.41, 5.74) is 4.38. The summed E-state index contributed by atoms with van der Waals surface area (Å²) in [6.07, 6.45) is 1.18. The summed E-state index contributed by atoms with van der Waals surface area (Å²) in [4.78, 5) is 16.4. The van der Waals surface area contributed by atoms with Crippen LogP contribution in [0.1, 0.15) is 47.6 Å². The molecule has 1 aromatic heterocycles. The Bertz CT molecular complexity index is 755. The van der Waals surface area contributed by atoms with E-state index in [0.29, 0.717) is 23.2 Å². The predicted molar refractivity (Wildman–Crippen MR) is 94.4 cm³/mol. The second-order valence-electron chi connectivity index (χ2n) is 7.37. The first kappa shape index (κ1) is 16.7. The van der Waals surface area contributed by atoms with Gasteiger partial charge in [0.15, 0.2) is 5.69 Å². The molecule has 3 rings (SSSR count). The fraction of sp³-hybridized carbons (Fsp3) is 0.526. The van der Waals surface area contributed by atoms with Crippen LogP contribution in [0.2, 0.25) is 0 Å². The Morgan fingerprint density at radius 3 is 2.38 bits per heavy atom. The quantitative estimate of drug-likeness (QED) is 0.851. The van der Waals surface area contributed by atoms with E-state index in [1.807, 2.05) is 30.9 Å².